The van der Waals surface area contributed by atoms with E-state index in [1.54, 1.807) is 0 Å². The van der Waals surface area contributed by atoms with Gasteiger partial charge in [0.1, 0.15) is 0 Å². The second-order valence-corrected chi connectivity index (χ2v) is 13.6. The molecule has 3 heteroatoms. The van der Waals surface area contributed by atoms with Crippen LogP contribution in [0.3, 0.4) is 0 Å². The van der Waals surface area contributed by atoms with Crippen LogP contribution in [0.4, 0.5) is 0 Å². The average Bonchev–Trinajstić information content (AvgIpc) is 3.54. The number of pyridine rings is 1. The first-order valence-corrected chi connectivity index (χ1v) is 18.0. The molecule has 0 amide bonds. The molecule has 2 aromatic heterocycles. The Morgan fingerprint density at radius 3 is 1.36 bits per heavy atom. The molecule has 0 atom stereocenters. The summed E-state index contributed by atoms with van der Waals surface area (Å²) in [6.07, 6.45) is 1.87. The van der Waals surface area contributed by atoms with Crippen LogP contribution in [0.2, 0.25) is 0 Å². The molecule has 0 unspecified atom stereocenters. The molecule has 2 heterocycles. The molecule has 0 radical (unpaired) electrons. The molecule has 0 fully saturated rings. The third kappa shape index (κ3) is 5.09. The van der Waals surface area contributed by atoms with Gasteiger partial charge in [0.15, 0.2) is 0 Å². The van der Waals surface area contributed by atoms with Crippen molar-refractivity contribution in [1.82, 2.24) is 15.0 Å². The summed E-state index contributed by atoms with van der Waals surface area (Å²) in [5.74, 6) is 0. The van der Waals surface area contributed by atoms with Crippen LogP contribution in [-0.4, -0.2) is 15.0 Å². The monoisotopic (exact) mass is 675 g/mol. The summed E-state index contributed by atoms with van der Waals surface area (Å²) in [5, 5.41) is 0. The van der Waals surface area contributed by atoms with Crippen LogP contribution in [0.1, 0.15) is 22.3 Å². The Morgan fingerprint density at radius 1 is 0.340 bits per heavy atom. The normalized spacial score (nSPS) is 12.7. The zero-order valence-electron chi connectivity index (χ0n) is 28.9. The number of aromatic nitrogens is 3. The maximum Gasteiger partial charge on any atom is 0.0973 e. The first-order chi connectivity index (χ1) is 26.3. The summed E-state index contributed by atoms with van der Waals surface area (Å²) in [5.41, 5.74) is 17.0. The molecule has 53 heavy (non-hydrogen) atoms. The minimum absolute atomic E-state index is 0.529. The lowest BCUT2D eigenvalue weighted by Gasteiger charge is -2.34. The van der Waals surface area contributed by atoms with Crippen molar-refractivity contribution in [3.63, 3.8) is 0 Å². The number of hydrogen-bond donors (Lipinski definition) is 0. The van der Waals surface area contributed by atoms with Crippen molar-refractivity contribution in [1.29, 1.82) is 0 Å². The quantitative estimate of drug-likeness (QED) is 0.176. The van der Waals surface area contributed by atoms with E-state index in [1.807, 2.05) is 42.6 Å². The van der Waals surface area contributed by atoms with Crippen molar-refractivity contribution in [3.05, 3.63) is 223 Å². The average molecular weight is 676 g/mol. The largest absolute Gasteiger partial charge is 0.256 e. The lowest BCUT2D eigenvalue weighted by Crippen LogP contribution is -2.28. The third-order valence-electron chi connectivity index (χ3n) is 10.6. The second kappa shape index (κ2) is 12.7. The Kier molecular flexibility index (Phi) is 7.36. The van der Waals surface area contributed by atoms with E-state index in [9.17, 15) is 0 Å². The SMILES string of the molecule is c1ccc(-c2nc3ccccc3nc2-c2ccc(-c3ccc4c(c3)C(c3ccccc3)(c3ccccc3)c3cc(-c5ccccn5)ccc3-4)cc2)cc1. The summed E-state index contributed by atoms with van der Waals surface area (Å²) in [6, 6.07) is 69.1. The standard InChI is InChI=1S/C50H33N3/c1-4-14-35(15-5-1)48-49(53-47-22-11-10-21-46(47)52-48)36-25-23-34(24-26-36)37-27-29-41-42-30-28-38(45-20-12-13-31-51-45)33-44(42)50(43(41)32-37,39-16-6-2-7-17-39)40-18-8-3-9-19-40/h1-33H. The van der Waals surface area contributed by atoms with Crippen LogP contribution in [0.5, 0.6) is 0 Å². The van der Waals surface area contributed by atoms with Crippen LogP contribution in [0, 0.1) is 0 Å². The molecule has 7 aromatic carbocycles. The molecule has 10 rings (SSSR count). The molecule has 248 valence electrons. The van der Waals surface area contributed by atoms with Gasteiger partial charge in [0.05, 0.1) is 33.5 Å². The highest BCUT2D eigenvalue weighted by molar-refractivity contribution is 5.91. The van der Waals surface area contributed by atoms with Gasteiger partial charge in [-0.05, 0) is 80.9 Å². The van der Waals surface area contributed by atoms with E-state index in [0.717, 1.165) is 55.9 Å². The summed E-state index contributed by atoms with van der Waals surface area (Å²) in [7, 11) is 0. The Balaban J connectivity index is 1.14. The van der Waals surface area contributed by atoms with Crippen molar-refractivity contribution < 1.29 is 0 Å². The maximum absolute atomic E-state index is 5.14. The molecule has 0 bridgehead atoms. The number of nitrogens with zero attached hydrogens (tertiary/aromatic N) is 3. The molecule has 1 aliphatic rings. The van der Waals surface area contributed by atoms with E-state index in [0.29, 0.717) is 0 Å². The first-order valence-electron chi connectivity index (χ1n) is 18.0. The maximum atomic E-state index is 5.14. The number of hydrogen-bond acceptors (Lipinski definition) is 3. The van der Waals surface area contributed by atoms with Crippen LogP contribution in [0.15, 0.2) is 200 Å². The number of fused-ring (bicyclic) bond motifs is 4. The van der Waals surface area contributed by atoms with Gasteiger partial charge in [0.25, 0.3) is 0 Å². The van der Waals surface area contributed by atoms with Crippen molar-refractivity contribution in [2.75, 3.05) is 0 Å². The van der Waals surface area contributed by atoms with E-state index in [2.05, 4.69) is 158 Å². The zero-order valence-corrected chi connectivity index (χ0v) is 28.9. The van der Waals surface area contributed by atoms with E-state index in [4.69, 9.17) is 15.0 Å². The van der Waals surface area contributed by atoms with Gasteiger partial charge in [0.2, 0.25) is 0 Å². The Labute approximate surface area is 309 Å². The highest BCUT2D eigenvalue weighted by Gasteiger charge is 2.46. The predicted octanol–water partition coefficient (Wildman–Crippen LogP) is 12.1. The zero-order chi connectivity index (χ0) is 35.2. The third-order valence-corrected chi connectivity index (χ3v) is 10.6. The molecule has 0 spiro atoms. The van der Waals surface area contributed by atoms with Gasteiger partial charge in [-0.3, -0.25) is 4.98 Å². The van der Waals surface area contributed by atoms with Gasteiger partial charge in [0, 0.05) is 22.9 Å². The van der Waals surface area contributed by atoms with E-state index in [1.165, 1.54) is 33.4 Å². The van der Waals surface area contributed by atoms with Gasteiger partial charge in [-0.15, -0.1) is 0 Å². The Morgan fingerprint density at radius 2 is 0.792 bits per heavy atom. The molecule has 1 aliphatic carbocycles. The van der Waals surface area contributed by atoms with Crippen molar-refractivity contribution in [2.24, 2.45) is 0 Å². The summed E-state index contributed by atoms with van der Waals surface area (Å²) < 4.78 is 0. The van der Waals surface area contributed by atoms with Gasteiger partial charge in [-0.2, -0.15) is 0 Å². The van der Waals surface area contributed by atoms with Crippen LogP contribution < -0.4 is 0 Å². The fourth-order valence-electron chi connectivity index (χ4n) is 8.18. The van der Waals surface area contributed by atoms with Crippen LogP contribution in [0.25, 0.3) is 67.1 Å². The van der Waals surface area contributed by atoms with Crippen molar-refractivity contribution in [2.45, 2.75) is 5.41 Å². The molecule has 9 aromatic rings. The topological polar surface area (TPSA) is 38.7 Å². The minimum Gasteiger partial charge on any atom is -0.256 e. The number of benzene rings is 7. The van der Waals surface area contributed by atoms with Gasteiger partial charge >= 0.3 is 0 Å². The molecular weight excluding hydrogens is 643 g/mol. The van der Waals surface area contributed by atoms with Gasteiger partial charge in [-0.1, -0.05) is 158 Å². The number of para-hydroxylation sites is 2. The molecule has 0 saturated heterocycles. The Hall–Kier alpha value is -6.97. The molecule has 0 aliphatic heterocycles. The molecule has 3 nitrogen and oxygen atoms in total. The Bertz CT molecular complexity index is 2700. The van der Waals surface area contributed by atoms with Gasteiger partial charge in [-0.25, -0.2) is 9.97 Å². The predicted molar refractivity (Wildman–Crippen MR) is 216 cm³/mol. The van der Waals surface area contributed by atoms with Crippen LogP contribution in [-0.2, 0) is 5.41 Å². The summed E-state index contributed by atoms with van der Waals surface area (Å²) >= 11 is 0. The summed E-state index contributed by atoms with van der Waals surface area (Å²) in [6.45, 7) is 0. The smallest absolute Gasteiger partial charge is 0.0973 e. The van der Waals surface area contributed by atoms with E-state index in [-0.39, 0.29) is 0 Å². The van der Waals surface area contributed by atoms with Crippen molar-refractivity contribution >= 4 is 11.0 Å². The highest BCUT2D eigenvalue weighted by Crippen LogP contribution is 2.57. The van der Waals surface area contributed by atoms with E-state index >= 15 is 0 Å². The van der Waals surface area contributed by atoms with Crippen molar-refractivity contribution in [3.8, 4) is 56.0 Å². The van der Waals surface area contributed by atoms with E-state index < -0.39 is 5.41 Å². The first kappa shape index (κ1) is 30.8. The van der Waals surface area contributed by atoms with Crippen LogP contribution >= 0.6 is 0 Å². The highest BCUT2D eigenvalue weighted by atomic mass is 14.8. The molecular formula is C50H33N3. The second-order valence-electron chi connectivity index (χ2n) is 13.6. The fourth-order valence-corrected chi connectivity index (χ4v) is 8.18. The minimum atomic E-state index is -0.529. The fraction of sp³-hybridized carbons (Fsp3) is 0.0200. The van der Waals surface area contributed by atoms with Gasteiger partial charge < -0.3 is 0 Å². The molecule has 0 saturated carbocycles. The lowest BCUT2D eigenvalue weighted by molar-refractivity contribution is 0.769. The lowest BCUT2D eigenvalue weighted by atomic mass is 9.67. The summed E-state index contributed by atoms with van der Waals surface area (Å²) in [4.78, 5) is 15.0. The number of rotatable bonds is 6. The molecule has 0 N–H and O–H groups in total.